The Balaban J connectivity index is 1.51. The van der Waals surface area contributed by atoms with Crippen LogP contribution in [0.2, 0.25) is 0 Å². The van der Waals surface area contributed by atoms with Gasteiger partial charge >= 0.3 is 5.97 Å². The molecule has 2 aromatic carbocycles. The van der Waals surface area contributed by atoms with Crippen LogP contribution < -0.4 is 4.74 Å². The molecule has 0 radical (unpaired) electrons. The fourth-order valence-electron chi connectivity index (χ4n) is 5.87. The maximum atomic E-state index is 13.7. The van der Waals surface area contributed by atoms with Crippen LogP contribution in [-0.4, -0.2) is 41.6 Å². The number of carbonyl (C=O) groups excluding carboxylic acids is 1. The second-order valence-electron chi connectivity index (χ2n) is 10.0. The quantitative estimate of drug-likeness (QED) is 0.414. The molecule has 0 bridgehead atoms. The van der Waals surface area contributed by atoms with E-state index in [1.54, 1.807) is 19.1 Å². The summed E-state index contributed by atoms with van der Waals surface area (Å²) < 4.78 is 37.3. The van der Waals surface area contributed by atoms with Gasteiger partial charge in [-0.25, -0.2) is 4.39 Å². The summed E-state index contributed by atoms with van der Waals surface area (Å²) in [5, 5.41) is 8.13. The third-order valence-electron chi connectivity index (χ3n) is 7.33. The Morgan fingerprint density at radius 3 is 2.61 bits per heavy atom. The maximum Gasteiger partial charge on any atom is 0.309 e. The average molecular weight is 495 g/mol. The zero-order chi connectivity index (χ0) is 25.4. The van der Waals surface area contributed by atoms with Gasteiger partial charge in [0.1, 0.15) is 11.6 Å². The predicted molar refractivity (Wildman–Crippen MR) is 130 cm³/mol. The van der Waals surface area contributed by atoms with Crippen molar-refractivity contribution < 1.29 is 27.8 Å². The number of benzene rings is 2. The van der Waals surface area contributed by atoms with E-state index in [9.17, 15) is 9.18 Å². The van der Waals surface area contributed by atoms with E-state index in [1.165, 1.54) is 19.2 Å². The summed E-state index contributed by atoms with van der Waals surface area (Å²) in [4.78, 5) is 12.7. The molecule has 7 nitrogen and oxygen atoms in total. The summed E-state index contributed by atoms with van der Waals surface area (Å²) >= 11 is 0. The van der Waals surface area contributed by atoms with E-state index in [-0.39, 0.29) is 35.6 Å². The van der Waals surface area contributed by atoms with Crippen LogP contribution in [0.3, 0.4) is 0 Å². The fourth-order valence-corrected chi connectivity index (χ4v) is 5.87. The molecule has 0 amide bonds. The molecule has 1 saturated carbocycles. The lowest BCUT2D eigenvalue weighted by atomic mass is 9.76. The highest BCUT2D eigenvalue weighted by Crippen LogP contribution is 2.57. The molecule has 0 unspecified atom stereocenters. The van der Waals surface area contributed by atoms with Gasteiger partial charge in [0, 0.05) is 29.9 Å². The highest BCUT2D eigenvalue weighted by atomic mass is 19.1. The fraction of sp³-hybridized carbons (Fsp3) is 0.464. The first-order chi connectivity index (χ1) is 17.3. The van der Waals surface area contributed by atoms with Crippen molar-refractivity contribution in [3.8, 4) is 17.2 Å². The Morgan fingerprint density at radius 2 is 1.94 bits per heavy atom. The van der Waals surface area contributed by atoms with E-state index in [0.29, 0.717) is 37.7 Å². The van der Waals surface area contributed by atoms with Crippen molar-refractivity contribution in [2.45, 2.75) is 63.6 Å². The lowest BCUT2D eigenvalue weighted by Gasteiger charge is -2.33. The van der Waals surface area contributed by atoms with Crippen molar-refractivity contribution in [2.24, 2.45) is 5.92 Å². The number of aryl methyl sites for hydroxylation is 1. The normalized spacial score (nSPS) is 25.6. The van der Waals surface area contributed by atoms with Crippen LogP contribution in [0.25, 0.3) is 11.5 Å². The van der Waals surface area contributed by atoms with Gasteiger partial charge in [-0.05, 0) is 69.0 Å². The topological polar surface area (TPSA) is 83.7 Å². The van der Waals surface area contributed by atoms with Gasteiger partial charge in [-0.1, -0.05) is 12.1 Å². The number of aromatic nitrogens is 2. The molecule has 8 heteroatoms. The smallest absolute Gasteiger partial charge is 0.309 e. The van der Waals surface area contributed by atoms with E-state index in [4.69, 9.17) is 18.6 Å². The maximum absolute atomic E-state index is 13.7. The monoisotopic (exact) mass is 494 g/mol. The Morgan fingerprint density at radius 1 is 1.17 bits per heavy atom. The largest absolute Gasteiger partial charge is 0.491 e. The second-order valence-corrected chi connectivity index (χ2v) is 10.0. The number of esters is 1. The molecule has 2 aliphatic rings. The molecule has 36 heavy (non-hydrogen) atoms. The van der Waals surface area contributed by atoms with Crippen molar-refractivity contribution in [3.63, 3.8) is 0 Å². The van der Waals surface area contributed by atoms with Crippen molar-refractivity contribution in [1.29, 1.82) is 0 Å². The minimum absolute atomic E-state index is 0.00122. The average Bonchev–Trinajstić information content (AvgIpc) is 3.58. The number of hydrogen-bond acceptors (Lipinski definition) is 7. The number of hydrogen-bond donors (Lipinski definition) is 0. The van der Waals surface area contributed by atoms with Gasteiger partial charge in [0.05, 0.1) is 31.3 Å². The highest BCUT2D eigenvalue weighted by molar-refractivity contribution is 5.74. The molecule has 1 aliphatic heterocycles. The minimum atomic E-state index is -0.562. The molecule has 2 heterocycles. The van der Waals surface area contributed by atoms with E-state index in [0.717, 1.165) is 22.4 Å². The van der Waals surface area contributed by atoms with Crippen LogP contribution in [0, 0.1) is 18.7 Å². The van der Waals surface area contributed by atoms with Crippen molar-refractivity contribution in [3.05, 3.63) is 65.3 Å². The number of nitrogens with zero attached hydrogens (tertiary/aromatic N) is 2. The zero-order valence-corrected chi connectivity index (χ0v) is 21.0. The van der Waals surface area contributed by atoms with Crippen LogP contribution in [-0.2, 0) is 14.3 Å². The third-order valence-corrected chi connectivity index (χ3v) is 7.33. The Bertz CT molecular complexity index is 1240. The van der Waals surface area contributed by atoms with Gasteiger partial charge in [0.2, 0.25) is 11.8 Å². The van der Waals surface area contributed by atoms with Gasteiger partial charge in [-0.3, -0.25) is 4.79 Å². The van der Waals surface area contributed by atoms with Crippen molar-refractivity contribution in [1.82, 2.24) is 10.2 Å². The molecule has 1 aromatic heterocycles. The molecular weight excluding hydrogens is 463 g/mol. The van der Waals surface area contributed by atoms with E-state index >= 15 is 0 Å². The van der Waals surface area contributed by atoms with Crippen LogP contribution in [0.4, 0.5) is 4.39 Å². The number of rotatable bonds is 6. The number of halogens is 1. The molecule has 0 N–H and O–H groups in total. The molecule has 3 aromatic rings. The number of methoxy groups -OCH3 is 1. The SMILES string of the molecule is COC(=O)[C@H]1CC[C@@]2(C[C@@H](c3cc(-c4nnc(C)o4)ccc3OC(C)C)CO2)[C@@H]1c1ccc(F)cc1. The second kappa shape index (κ2) is 9.65. The van der Waals surface area contributed by atoms with Crippen molar-refractivity contribution >= 4 is 5.97 Å². The third kappa shape index (κ3) is 4.50. The van der Waals surface area contributed by atoms with Crippen LogP contribution in [0.15, 0.2) is 46.9 Å². The molecule has 2 fully saturated rings. The molecule has 1 saturated heterocycles. The molecular formula is C28H31FN2O5. The summed E-state index contributed by atoms with van der Waals surface area (Å²) in [5.41, 5.74) is 2.15. The summed E-state index contributed by atoms with van der Waals surface area (Å²) in [6, 6.07) is 12.3. The lowest BCUT2D eigenvalue weighted by Crippen LogP contribution is -2.35. The van der Waals surface area contributed by atoms with Gasteiger partial charge in [0.15, 0.2) is 0 Å². The molecule has 1 spiro atoms. The summed E-state index contributed by atoms with van der Waals surface area (Å²) in [6.45, 7) is 6.23. The number of carbonyl (C=O) groups is 1. The van der Waals surface area contributed by atoms with Gasteiger partial charge < -0.3 is 18.6 Å². The minimum Gasteiger partial charge on any atom is -0.491 e. The zero-order valence-electron chi connectivity index (χ0n) is 21.0. The standard InChI is InChI=1S/C28H31FN2O5/c1-16(2)35-24-10-7-19(26-31-30-17(3)36-26)13-23(24)20-14-28(34-15-20)12-11-22(27(32)33-4)25(28)18-5-8-21(29)9-6-18/h5-10,13,16,20,22,25H,11-12,14-15H2,1-4H3/t20-,22+,25-,28-/m1/s1. The molecule has 4 atom stereocenters. The van der Waals surface area contributed by atoms with Gasteiger partial charge in [0.25, 0.3) is 0 Å². The predicted octanol–water partition coefficient (Wildman–Crippen LogP) is 5.58. The Kier molecular flexibility index (Phi) is 6.55. The van der Waals surface area contributed by atoms with E-state index < -0.39 is 5.60 Å². The summed E-state index contributed by atoms with van der Waals surface area (Å²) in [6.07, 6.45) is 2.06. The van der Waals surface area contributed by atoms with E-state index in [1.807, 2.05) is 32.0 Å². The van der Waals surface area contributed by atoms with Gasteiger partial charge in [-0.15, -0.1) is 10.2 Å². The Labute approximate surface area is 210 Å². The van der Waals surface area contributed by atoms with Crippen LogP contribution in [0.1, 0.15) is 62.0 Å². The number of ether oxygens (including phenoxy) is 3. The first-order valence-corrected chi connectivity index (χ1v) is 12.4. The molecule has 5 rings (SSSR count). The lowest BCUT2D eigenvalue weighted by molar-refractivity contribution is -0.146. The van der Waals surface area contributed by atoms with Crippen LogP contribution in [0.5, 0.6) is 5.75 Å². The van der Waals surface area contributed by atoms with E-state index in [2.05, 4.69) is 10.2 Å². The van der Waals surface area contributed by atoms with Crippen LogP contribution >= 0.6 is 0 Å². The Hall–Kier alpha value is -3.26. The first kappa shape index (κ1) is 24.4. The van der Waals surface area contributed by atoms with Gasteiger partial charge in [-0.2, -0.15) is 0 Å². The first-order valence-electron chi connectivity index (χ1n) is 12.4. The highest BCUT2D eigenvalue weighted by Gasteiger charge is 2.56. The summed E-state index contributed by atoms with van der Waals surface area (Å²) in [7, 11) is 1.41. The molecule has 190 valence electrons. The van der Waals surface area contributed by atoms with Crippen molar-refractivity contribution in [2.75, 3.05) is 13.7 Å². The summed E-state index contributed by atoms with van der Waals surface area (Å²) in [5.74, 6) is 0.622. The molecule has 1 aliphatic carbocycles.